The van der Waals surface area contributed by atoms with Gasteiger partial charge in [0.2, 0.25) is 11.8 Å². The van der Waals surface area contributed by atoms with E-state index in [4.69, 9.17) is 11.6 Å². The maximum Gasteiger partial charge on any atom is 0.239 e. The van der Waals surface area contributed by atoms with E-state index in [0.717, 1.165) is 5.56 Å². The number of rotatable bonds is 5. The summed E-state index contributed by atoms with van der Waals surface area (Å²) in [6.45, 7) is 5.58. The van der Waals surface area contributed by atoms with Crippen molar-refractivity contribution in [3.8, 4) is 0 Å². The molecule has 5 heteroatoms. The highest BCUT2D eigenvalue weighted by Crippen LogP contribution is 2.16. The van der Waals surface area contributed by atoms with Crippen LogP contribution in [0.25, 0.3) is 0 Å². The number of amides is 2. The summed E-state index contributed by atoms with van der Waals surface area (Å²) in [6, 6.07) is 7.35. The fraction of sp³-hybridized carbons (Fsp3) is 0.429. The van der Waals surface area contributed by atoms with Gasteiger partial charge >= 0.3 is 0 Å². The summed E-state index contributed by atoms with van der Waals surface area (Å²) in [6.07, 6.45) is 0. The van der Waals surface area contributed by atoms with Gasteiger partial charge in [-0.05, 0) is 25.5 Å². The molecule has 0 unspecified atom stereocenters. The number of carbonyl (C=O) groups is 2. The van der Waals surface area contributed by atoms with E-state index in [0.29, 0.717) is 11.6 Å². The Morgan fingerprint density at radius 2 is 1.95 bits per heavy atom. The molecule has 19 heavy (non-hydrogen) atoms. The summed E-state index contributed by atoms with van der Waals surface area (Å²) < 4.78 is 0. The molecule has 1 aromatic rings. The molecule has 1 rings (SSSR count). The van der Waals surface area contributed by atoms with E-state index in [2.05, 4.69) is 5.32 Å². The van der Waals surface area contributed by atoms with Gasteiger partial charge in [-0.15, -0.1) is 0 Å². The lowest BCUT2D eigenvalue weighted by atomic mass is 10.2. The zero-order chi connectivity index (χ0) is 14.4. The monoisotopic (exact) mass is 282 g/mol. The second-order valence-electron chi connectivity index (χ2n) is 4.69. The van der Waals surface area contributed by atoms with Gasteiger partial charge in [0.1, 0.15) is 0 Å². The van der Waals surface area contributed by atoms with Crippen molar-refractivity contribution in [3.05, 3.63) is 34.9 Å². The Morgan fingerprint density at radius 1 is 1.32 bits per heavy atom. The standard InChI is InChI=1S/C14H19ClN2O2/c1-10(2)16-14(19)9-17(11(3)18)8-12-6-4-5-7-13(12)15/h4-7,10H,8-9H2,1-3H3,(H,16,19). The van der Waals surface area contributed by atoms with E-state index in [1.54, 1.807) is 6.07 Å². The quantitative estimate of drug-likeness (QED) is 0.900. The fourth-order valence-corrected chi connectivity index (χ4v) is 1.85. The average Bonchev–Trinajstić information content (AvgIpc) is 2.29. The molecule has 0 spiro atoms. The van der Waals surface area contributed by atoms with Crippen LogP contribution in [0.5, 0.6) is 0 Å². The predicted octanol–water partition coefficient (Wildman–Crippen LogP) is 2.21. The van der Waals surface area contributed by atoms with E-state index >= 15 is 0 Å². The van der Waals surface area contributed by atoms with Crippen LogP contribution in [-0.4, -0.2) is 29.3 Å². The van der Waals surface area contributed by atoms with Crippen LogP contribution in [0, 0.1) is 0 Å². The zero-order valence-electron chi connectivity index (χ0n) is 11.4. The second kappa shape index (κ2) is 7.14. The number of benzene rings is 1. The number of hydrogen-bond donors (Lipinski definition) is 1. The molecule has 0 saturated heterocycles. The minimum absolute atomic E-state index is 0.0404. The summed E-state index contributed by atoms with van der Waals surface area (Å²) in [5.41, 5.74) is 0.830. The topological polar surface area (TPSA) is 49.4 Å². The molecule has 1 aromatic carbocycles. The molecule has 0 aliphatic carbocycles. The van der Waals surface area contributed by atoms with Crippen LogP contribution >= 0.6 is 11.6 Å². The van der Waals surface area contributed by atoms with E-state index in [1.165, 1.54) is 11.8 Å². The highest BCUT2D eigenvalue weighted by molar-refractivity contribution is 6.31. The Balaban J connectivity index is 2.71. The van der Waals surface area contributed by atoms with Gasteiger partial charge in [-0.1, -0.05) is 29.8 Å². The molecule has 0 heterocycles. The Kier molecular flexibility index (Phi) is 5.83. The van der Waals surface area contributed by atoms with Gasteiger partial charge in [0.05, 0.1) is 6.54 Å². The molecular formula is C14H19ClN2O2. The summed E-state index contributed by atoms with van der Waals surface area (Å²) in [5.74, 6) is -0.323. The van der Waals surface area contributed by atoms with Crippen molar-refractivity contribution < 1.29 is 9.59 Å². The molecule has 0 radical (unpaired) electrons. The molecule has 1 N–H and O–H groups in total. The van der Waals surface area contributed by atoms with Gasteiger partial charge in [0.15, 0.2) is 0 Å². The Hall–Kier alpha value is -1.55. The number of hydrogen-bond acceptors (Lipinski definition) is 2. The van der Waals surface area contributed by atoms with Crippen molar-refractivity contribution in [2.45, 2.75) is 33.4 Å². The molecule has 104 valence electrons. The average molecular weight is 283 g/mol. The number of nitrogens with zero attached hydrogens (tertiary/aromatic N) is 1. The molecule has 0 saturated carbocycles. The minimum atomic E-state index is -0.169. The Labute approximate surface area is 118 Å². The van der Waals surface area contributed by atoms with Crippen molar-refractivity contribution in [2.75, 3.05) is 6.54 Å². The molecular weight excluding hydrogens is 264 g/mol. The number of nitrogens with one attached hydrogen (secondary N) is 1. The van der Waals surface area contributed by atoms with Gasteiger partial charge in [0.25, 0.3) is 0 Å². The number of halogens is 1. The van der Waals surface area contributed by atoms with Crippen LogP contribution in [0.1, 0.15) is 26.3 Å². The third kappa shape index (κ3) is 5.30. The lowest BCUT2D eigenvalue weighted by Gasteiger charge is -2.21. The molecule has 0 bridgehead atoms. The van der Waals surface area contributed by atoms with Crippen molar-refractivity contribution in [2.24, 2.45) is 0 Å². The Bertz CT molecular complexity index is 461. The minimum Gasteiger partial charge on any atom is -0.352 e. The Morgan fingerprint density at radius 3 is 2.47 bits per heavy atom. The van der Waals surface area contributed by atoms with Gasteiger partial charge in [-0.3, -0.25) is 9.59 Å². The highest BCUT2D eigenvalue weighted by Gasteiger charge is 2.15. The summed E-state index contributed by atoms with van der Waals surface area (Å²) in [5, 5.41) is 3.36. The predicted molar refractivity (Wildman–Crippen MR) is 75.8 cm³/mol. The summed E-state index contributed by atoms with van der Waals surface area (Å²) in [7, 11) is 0. The lowest BCUT2D eigenvalue weighted by molar-refractivity contribution is -0.135. The van der Waals surface area contributed by atoms with Gasteiger partial charge in [-0.25, -0.2) is 0 Å². The maximum atomic E-state index is 11.7. The molecule has 0 atom stereocenters. The smallest absolute Gasteiger partial charge is 0.239 e. The van der Waals surface area contributed by atoms with Crippen LogP contribution in [0.4, 0.5) is 0 Å². The zero-order valence-corrected chi connectivity index (χ0v) is 12.2. The first kappa shape index (κ1) is 15.5. The normalized spacial score (nSPS) is 10.4. The third-order valence-electron chi connectivity index (χ3n) is 2.55. The summed E-state index contributed by atoms with van der Waals surface area (Å²) in [4.78, 5) is 24.8. The largest absolute Gasteiger partial charge is 0.352 e. The molecule has 0 aliphatic heterocycles. The van der Waals surface area contributed by atoms with Crippen molar-refractivity contribution in [3.63, 3.8) is 0 Å². The summed E-state index contributed by atoms with van der Waals surface area (Å²) >= 11 is 6.06. The first-order valence-corrected chi connectivity index (χ1v) is 6.56. The molecule has 2 amide bonds. The molecule has 0 aromatic heterocycles. The highest BCUT2D eigenvalue weighted by atomic mass is 35.5. The third-order valence-corrected chi connectivity index (χ3v) is 2.92. The van der Waals surface area contributed by atoms with Gasteiger partial charge in [0, 0.05) is 24.5 Å². The van der Waals surface area contributed by atoms with Crippen molar-refractivity contribution in [1.82, 2.24) is 10.2 Å². The van der Waals surface area contributed by atoms with Crippen LogP contribution in [0.15, 0.2) is 24.3 Å². The number of carbonyl (C=O) groups excluding carboxylic acids is 2. The molecule has 0 fully saturated rings. The lowest BCUT2D eigenvalue weighted by Crippen LogP contribution is -2.41. The van der Waals surface area contributed by atoms with E-state index in [9.17, 15) is 9.59 Å². The van der Waals surface area contributed by atoms with E-state index in [1.807, 2.05) is 32.0 Å². The van der Waals surface area contributed by atoms with E-state index in [-0.39, 0.29) is 24.4 Å². The molecule has 0 aliphatic rings. The fourth-order valence-electron chi connectivity index (χ4n) is 1.65. The maximum absolute atomic E-state index is 11.7. The van der Waals surface area contributed by atoms with Crippen LogP contribution in [0.2, 0.25) is 5.02 Å². The first-order valence-electron chi connectivity index (χ1n) is 6.18. The van der Waals surface area contributed by atoms with Gasteiger partial charge in [-0.2, -0.15) is 0 Å². The first-order chi connectivity index (χ1) is 8.90. The van der Waals surface area contributed by atoms with Crippen LogP contribution in [-0.2, 0) is 16.1 Å². The van der Waals surface area contributed by atoms with Crippen molar-refractivity contribution in [1.29, 1.82) is 0 Å². The SMILES string of the molecule is CC(=O)N(CC(=O)NC(C)C)Cc1ccccc1Cl. The van der Waals surface area contributed by atoms with Crippen LogP contribution < -0.4 is 5.32 Å². The molecule has 4 nitrogen and oxygen atoms in total. The second-order valence-corrected chi connectivity index (χ2v) is 5.10. The van der Waals surface area contributed by atoms with Crippen LogP contribution in [0.3, 0.4) is 0 Å². The van der Waals surface area contributed by atoms with Crippen molar-refractivity contribution >= 4 is 23.4 Å². The van der Waals surface area contributed by atoms with Gasteiger partial charge < -0.3 is 10.2 Å². The van der Waals surface area contributed by atoms with E-state index < -0.39 is 0 Å².